The summed E-state index contributed by atoms with van der Waals surface area (Å²) >= 11 is 0. The Hall–Kier alpha value is -3.40. The number of benzene rings is 3. The van der Waals surface area contributed by atoms with E-state index in [0.717, 1.165) is 16.4 Å². The van der Waals surface area contributed by atoms with Crippen LogP contribution in [0.2, 0.25) is 0 Å². The van der Waals surface area contributed by atoms with Crippen molar-refractivity contribution in [2.75, 3.05) is 31.6 Å². The SMILES string of the molecule is O=C(Nc1ccc(F)c(S(=O)(=O)N2CCOCC2)c1)c1ccccc1C(=O)c1ccccc1. The predicted octanol–water partition coefficient (Wildman–Crippen LogP) is 3.33. The molecule has 1 N–H and O–H groups in total. The summed E-state index contributed by atoms with van der Waals surface area (Å²) in [4.78, 5) is 25.4. The number of hydrogen-bond donors (Lipinski definition) is 1. The molecule has 0 aliphatic carbocycles. The van der Waals surface area contributed by atoms with Crippen molar-refractivity contribution in [1.82, 2.24) is 4.31 Å². The zero-order valence-electron chi connectivity index (χ0n) is 17.5. The smallest absolute Gasteiger partial charge is 0.256 e. The van der Waals surface area contributed by atoms with Crippen LogP contribution in [0.4, 0.5) is 10.1 Å². The molecule has 1 fully saturated rings. The summed E-state index contributed by atoms with van der Waals surface area (Å²) in [5.41, 5.74) is 0.839. The van der Waals surface area contributed by atoms with Gasteiger partial charge in [0.1, 0.15) is 10.7 Å². The number of sulfonamides is 1. The largest absolute Gasteiger partial charge is 0.379 e. The van der Waals surface area contributed by atoms with E-state index in [0.29, 0.717) is 5.56 Å². The Bertz CT molecular complexity index is 1290. The molecule has 1 aliphatic heterocycles. The lowest BCUT2D eigenvalue weighted by atomic mass is 9.98. The predicted molar refractivity (Wildman–Crippen MR) is 120 cm³/mol. The van der Waals surface area contributed by atoms with Crippen LogP contribution in [0.5, 0.6) is 0 Å². The standard InChI is InChI=1S/C24H21FN2O5S/c25-21-11-10-18(16-22(21)33(30,31)27-12-14-32-15-13-27)26-24(29)20-9-5-4-8-19(20)23(28)17-6-2-1-3-7-17/h1-11,16H,12-15H2,(H,26,29). The van der Waals surface area contributed by atoms with Gasteiger partial charge in [0.15, 0.2) is 5.78 Å². The topological polar surface area (TPSA) is 92.8 Å². The lowest BCUT2D eigenvalue weighted by molar-refractivity contribution is 0.0729. The second-order valence-corrected chi connectivity index (χ2v) is 9.26. The Morgan fingerprint density at radius 3 is 2.21 bits per heavy atom. The maximum Gasteiger partial charge on any atom is 0.256 e. The normalized spacial score (nSPS) is 14.6. The van der Waals surface area contributed by atoms with Gasteiger partial charge in [0.05, 0.1) is 18.8 Å². The third-order valence-electron chi connectivity index (χ3n) is 5.23. The molecule has 170 valence electrons. The molecule has 0 bridgehead atoms. The van der Waals surface area contributed by atoms with Crippen molar-refractivity contribution in [3.63, 3.8) is 0 Å². The molecule has 33 heavy (non-hydrogen) atoms. The van der Waals surface area contributed by atoms with Gasteiger partial charge in [-0.05, 0) is 24.3 Å². The van der Waals surface area contributed by atoms with E-state index >= 15 is 0 Å². The number of morpholine rings is 1. The summed E-state index contributed by atoms with van der Waals surface area (Å²) in [6.45, 7) is 0.688. The minimum absolute atomic E-state index is 0.0928. The van der Waals surface area contributed by atoms with E-state index in [1.807, 2.05) is 0 Å². The van der Waals surface area contributed by atoms with E-state index in [4.69, 9.17) is 4.74 Å². The first-order valence-electron chi connectivity index (χ1n) is 10.3. The fourth-order valence-corrected chi connectivity index (χ4v) is 5.03. The third kappa shape index (κ3) is 4.85. The third-order valence-corrected chi connectivity index (χ3v) is 7.14. The van der Waals surface area contributed by atoms with Gasteiger partial charge in [-0.2, -0.15) is 4.31 Å². The summed E-state index contributed by atoms with van der Waals surface area (Å²) < 4.78 is 46.5. The number of hydrogen-bond acceptors (Lipinski definition) is 5. The van der Waals surface area contributed by atoms with Crippen LogP contribution in [0.1, 0.15) is 26.3 Å². The number of anilines is 1. The maximum atomic E-state index is 14.4. The molecule has 1 saturated heterocycles. The minimum atomic E-state index is -4.10. The van der Waals surface area contributed by atoms with Crippen LogP contribution in [-0.4, -0.2) is 50.7 Å². The van der Waals surface area contributed by atoms with Crippen LogP contribution in [0.15, 0.2) is 77.7 Å². The van der Waals surface area contributed by atoms with Gasteiger partial charge in [-0.15, -0.1) is 0 Å². The van der Waals surface area contributed by atoms with Crippen LogP contribution in [-0.2, 0) is 14.8 Å². The van der Waals surface area contributed by atoms with Gasteiger partial charge < -0.3 is 10.1 Å². The molecule has 0 aromatic heterocycles. The number of carbonyl (C=O) groups is 2. The highest BCUT2D eigenvalue weighted by atomic mass is 32.2. The Balaban J connectivity index is 1.62. The van der Waals surface area contributed by atoms with Gasteiger partial charge >= 0.3 is 0 Å². The number of ether oxygens (including phenoxy) is 1. The monoisotopic (exact) mass is 468 g/mol. The number of carbonyl (C=O) groups excluding carboxylic acids is 2. The van der Waals surface area contributed by atoms with E-state index in [1.54, 1.807) is 48.5 Å². The number of halogens is 1. The quantitative estimate of drug-likeness (QED) is 0.561. The van der Waals surface area contributed by atoms with Crippen molar-refractivity contribution < 1.29 is 27.1 Å². The van der Waals surface area contributed by atoms with E-state index in [-0.39, 0.29) is 48.9 Å². The van der Waals surface area contributed by atoms with Gasteiger partial charge in [-0.3, -0.25) is 9.59 Å². The first kappa shape index (κ1) is 22.8. The Kier molecular flexibility index (Phi) is 6.64. The van der Waals surface area contributed by atoms with Crippen LogP contribution >= 0.6 is 0 Å². The molecule has 0 radical (unpaired) electrons. The molecule has 0 unspecified atom stereocenters. The van der Waals surface area contributed by atoms with Crippen LogP contribution < -0.4 is 5.32 Å². The number of nitrogens with zero attached hydrogens (tertiary/aromatic N) is 1. The second-order valence-electron chi connectivity index (χ2n) is 7.36. The Morgan fingerprint density at radius 2 is 1.52 bits per heavy atom. The molecule has 1 aliphatic rings. The molecule has 0 atom stereocenters. The first-order chi connectivity index (χ1) is 15.9. The summed E-state index contributed by atoms with van der Waals surface area (Å²) in [5.74, 6) is -1.86. The zero-order chi connectivity index (χ0) is 23.4. The Labute approximate surface area is 190 Å². The van der Waals surface area contributed by atoms with Gasteiger partial charge in [-0.1, -0.05) is 48.5 Å². The van der Waals surface area contributed by atoms with Crippen molar-refractivity contribution in [2.45, 2.75) is 4.90 Å². The highest BCUT2D eigenvalue weighted by Gasteiger charge is 2.29. The van der Waals surface area contributed by atoms with E-state index in [1.165, 1.54) is 12.1 Å². The van der Waals surface area contributed by atoms with Gasteiger partial charge in [0.25, 0.3) is 5.91 Å². The van der Waals surface area contributed by atoms with Crippen molar-refractivity contribution in [3.05, 3.63) is 95.3 Å². The highest BCUT2D eigenvalue weighted by Crippen LogP contribution is 2.25. The fourth-order valence-electron chi connectivity index (χ4n) is 3.53. The summed E-state index contributed by atoms with van der Waals surface area (Å²) in [5, 5.41) is 2.58. The average molecular weight is 469 g/mol. The molecule has 1 heterocycles. The van der Waals surface area contributed by atoms with Crippen molar-refractivity contribution in [1.29, 1.82) is 0 Å². The second kappa shape index (κ2) is 9.62. The first-order valence-corrected chi connectivity index (χ1v) is 11.7. The molecule has 9 heteroatoms. The zero-order valence-corrected chi connectivity index (χ0v) is 18.3. The number of ketones is 1. The van der Waals surface area contributed by atoms with E-state index < -0.39 is 26.6 Å². The van der Waals surface area contributed by atoms with Gasteiger partial charge in [0, 0.05) is 29.9 Å². The molecular formula is C24H21FN2O5S. The molecule has 4 rings (SSSR count). The van der Waals surface area contributed by atoms with Crippen LogP contribution in [0.3, 0.4) is 0 Å². The molecule has 1 amide bonds. The fraction of sp³-hybridized carbons (Fsp3) is 0.167. The lowest BCUT2D eigenvalue weighted by Crippen LogP contribution is -2.40. The molecule has 0 spiro atoms. The van der Waals surface area contributed by atoms with Crippen molar-refractivity contribution in [3.8, 4) is 0 Å². The van der Waals surface area contributed by atoms with Gasteiger partial charge in [0.2, 0.25) is 10.0 Å². The van der Waals surface area contributed by atoms with Crippen LogP contribution in [0, 0.1) is 5.82 Å². The van der Waals surface area contributed by atoms with Crippen molar-refractivity contribution >= 4 is 27.4 Å². The highest BCUT2D eigenvalue weighted by molar-refractivity contribution is 7.89. The number of rotatable bonds is 6. The lowest BCUT2D eigenvalue weighted by Gasteiger charge is -2.26. The molecular weight excluding hydrogens is 447 g/mol. The van der Waals surface area contributed by atoms with Crippen LogP contribution in [0.25, 0.3) is 0 Å². The van der Waals surface area contributed by atoms with E-state index in [9.17, 15) is 22.4 Å². The molecule has 3 aromatic carbocycles. The Morgan fingerprint density at radius 1 is 0.879 bits per heavy atom. The minimum Gasteiger partial charge on any atom is -0.379 e. The average Bonchev–Trinajstić information content (AvgIpc) is 2.85. The molecule has 0 saturated carbocycles. The number of amides is 1. The summed E-state index contributed by atoms with van der Waals surface area (Å²) in [6.07, 6.45) is 0. The van der Waals surface area contributed by atoms with Gasteiger partial charge in [-0.25, -0.2) is 12.8 Å². The number of nitrogens with one attached hydrogen (secondary N) is 1. The molecule has 7 nitrogen and oxygen atoms in total. The summed E-state index contributed by atoms with van der Waals surface area (Å²) in [6, 6.07) is 18.2. The molecule has 3 aromatic rings. The maximum absolute atomic E-state index is 14.4. The summed E-state index contributed by atoms with van der Waals surface area (Å²) in [7, 11) is -4.10. The van der Waals surface area contributed by atoms with E-state index in [2.05, 4.69) is 5.32 Å². The van der Waals surface area contributed by atoms with Crippen molar-refractivity contribution in [2.24, 2.45) is 0 Å².